The molecular weight excluding hydrogens is 406 g/mol. The number of carbonyl (C=O) groups is 1. The second-order valence-electron chi connectivity index (χ2n) is 8.46. The second-order valence-corrected chi connectivity index (χ2v) is 8.46. The number of allylic oxidation sites excluding steroid dienone is 1. The Morgan fingerprint density at radius 1 is 0.818 bits per heavy atom. The van der Waals surface area contributed by atoms with Crippen molar-refractivity contribution < 1.29 is 9.90 Å². The molecule has 0 spiro atoms. The fourth-order valence-corrected chi connectivity index (χ4v) is 4.60. The third-order valence-corrected chi connectivity index (χ3v) is 6.27. The summed E-state index contributed by atoms with van der Waals surface area (Å²) < 4.78 is 0. The first-order valence-corrected chi connectivity index (χ1v) is 11.8. The van der Waals surface area contributed by atoms with Gasteiger partial charge in [0.25, 0.3) is 0 Å². The first kappa shape index (κ1) is 22.6. The number of hydrogen-bond acceptors (Lipinski definition) is 2. The van der Waals surface area contributed by atoms with Gasteiger partial charge in [-0.2, -0.15) is 0 Å². The first-order valence-electron chi connectivity index (χ1n) is 11.8. The molecule has 0 saturated carbocycles. The van der Waals surface area contributed by atoms with Crippen molar-refractivity contribution in [3.8, 4) is 0 Å². The number of nitrogens with zero attached hydrogens (tertiary/aromatic N) is 1. The largest absolute Gasteiger partial charge is 0.478 e. The van der Waals surface area contributed by atoms with Gasteiger partial charge in [-0.25, -0.2) is 4.79 Å². The van der Waals surface area contributed by atoms with Crippen LogP contribution in [0.1, 0.15) is 54.9 Å². The number of anilines is 1. The van der Waals surface area contributed by atoms with Gasteiger partial charge in [-0.3, -0.25) is 0 Å². The maximum absolute atomic E-state index is 10.9. The van der Waals surface area contributed by atoms with E-state index in [-0.39, 0.29) is 0 Å². The molecule has 0 amide bonds. The molecule has 0 bridgehead atoms. The predicted molar refractivity (Wildman–Crippen MR) is 138 cm³/mol. The van der Waals surface area contributed by atoms with Gasteiger partial charge in [-0.05, 0) is 77.3 Å². The van der Waals surface area contributed by atoms with Gasteiger partial charge in [0.15, 0.2) is 0 Å². The van der Waals surface area contributed by atoms with Crippen molar-refractivity contribution in [3.63, 3.8) is 0 Å². The lowest BCUT2D eigenvalue weighted by Gasteiger charge is -2.29. The fraction of sp³-hybridized carbons (Fsp3) is 0.233. The summed E-state index contributed by atoms with van der Waals surface area (Å²) in [7, 11) is 0. The van der Waals surface area contributed by atoms with Crippen LogP contribution in [-0.2, 0) is 4.79 Å². The molecule has 1 aliphatic rings. The Hall–Kier alpha value is -3.59. The zero-order valence-corrected chi connectivity index (χ0v) is 19.2. The van der Waals surface area contributed by atoms with Crippen molar-refractivity contribution >= 4 is 28.9 Å². The van der Waals surface area contributed by atoms with Crippen molar-refractivity contribution in [1.29, 1.82) is 0 Å². The van der Waals surface area contributed by atoms with E-state index in [1.807, 2.05) is 18.2 Å². The molecule has 3 heteroatoms. The molecule has 3 nitrogen and oxygen atoms in total. The number of carboxylic acid groups (broad SMARTS) is 1. The highest BCUT2D eigenvalue weighted by molar-refractivity contribution is 5.99. The third kappa shape index (κ3) is 5.61. The summed E-state index contributed by atoms with van der Waals surface area (Å²) in [5.74, 6) is -0.939. The molecule has 0 atom stereocenters. The lowest BCUT2D eigenvalue weighted by atomic mass is 9.88. The normalized spacial score (nSPS) is 14.9. The van der Waals surface area contributed by atoms with E-state index in [9.17, 15) is 4.79 Å². The Morgan fingerprint density at radius 3 is 2.00 bits per heavy atom. The summed E-state index contributed by atoms with van der Waals surface area (Å²) in [5, 5.41) is 8.92. The Kier molecular flexibility index (Phi) is 7.41. The van der Waals surface area contributed by atoms with Gasteiger partial charge in [0.05, 0.1) is 0 Å². The van der Waals surface area contributed by atoms with Crippen LogP contribution in [0.25, 0.3) is 17.2 Å². The zero-order chi connectivity index (χ0) is 23.0. The Morgan fingerprint density at radius 2 is 1.42 bits per heavy atom. The van der Waals surface area contributed by atoms with Gasteiger partial charge in [-0.15, -0.1) is 0 Å². The highest BCUT2D eigenvalue weighted by Gasteiger charge is 2.15. The van der Waals surface area contributed by atoms with Crippen molar-refractivity contribution in [2.75, 3.05) is 18.0 Å². The smallest absolute Gasteiger partial charge is 0.328 e. The van der Waals surface area contributed by atoms with Crippen molar-refractivity contribution in [2.45, 2.75) is 32.6 Å². The number of rotatable bonds is 7. The minimum absolute atomic E-state index is 0.874. The molecule has 1 fully saturated rings. The number of piperidine rings is 1. The fourth-order valence-electron chi connectivity index (χ4n) is 4.60. The van der Waals surface area contributed by atoms with Gasteiger partial charge >= 0.3 is 5.97 Å². The standard InChI is InChI=1S/C30H31NO2/c1-2-28(24-9-5-3-6-10-24)30(25-14-11-23(12-15-25)13-20-29(32)33)26-16-18-27(19-17-26)31-21-7-4-8-22-31/h3,5-6,9-20H,2,4,7-8,21-22H2,1H3,(H,32,33)/b20-13+,30-28+. The number of hydrogen-bond donors (Lipinski definition) is 1. The average Bonchev–Trinajstić information content (AvgIpc) is 2.87. The lowest BCUT2D eigenvalue weighted by molar-refractivity contribution is -0.131. The van der Waals surface area contributed by atoms with E-state index >= 15 is 0 Å². The van der Waals surface area contributed by atoms with E-state index in [0.29, 0.717) is 0 Å². The van der Waals surface area contributed by atoms with E-state index in [0.717, 1.165) is 30.6 Å². The molecule has 1 N–H and O–H groups in total. The summed E-state index contributed by atoms with van der Waals surface area (Å²) in [6, 6.07) is 27.7. The monoisotopic (exact) mass is 437 g/mol. The summed E-state index contributed by atoms with van der Waals surface area (Å²) in [6.45, 7) is 4.48. The quantitative estimate of drug-likeness (QED) is 0.315. The molecule has 1 aliphatic heterocycles. The third-order valence-electron chi connectivity index (χ3n) is 6.27. The van der Waals surface area contributed by atoms with Gasteiger partial charge in [-0.1, -0.05) is 73.7 Å². The molecule has 1 heterocycles. The van der Waals surface area contributed by atoms with Gasteiger partial charge in [0.2, 0.25) is 0 Å². The molecule has 3 aromatic carbocycles. The lowest BCUT2D eigenvalue weighted by Crippen LogP contribution is -2.29. The molecule has 3 aromatic rings. The van der Waals surface area contributed by atoms with Gasteiger partial charge < -0.3 is 10.0 Å². The average molecular weight is 438 g/mol. The highest BCUT2D eigenvalue weighted by Crippen LogP contribution is 2.35. The predicted octanol–water partition coefficient (Wildman–Crippen LogP) is 7.14. The zero-order valence-electron chi connectivity index (χ0n) is 19.2. The minimum Gasteiger partial charge on any atom is -0.478 e. The van der Waals surface area contributed by atoms with E-state index < -0.39 is 5.97 Å². The van der Waals surface area contributed by atoms with Crippen LogP contribution in [0, 0.1) is 0 Å². The molecule has 168 valence electrons. The van der Waals surface area contributed by atoms with Crippen molar-refractivity contribution in [2.24, 2.45) is 0 Å². The van der Waals surface area contributed by atoms with Gasteiger partial charge in [0.1, 0.15) is 0 Å². The Labute approximate surface area is 196 Å². The minimum atomic E-state index is -0.939. The number of aliphatic carboxylic acids is 1. The Balaban J connectivity index is 1.76. The van der Waals surface area contributed by atoms with Crippen LogP contribution in [0.4, 0.5) is 5.69 Å². The molecule has 1 saturated heterocycles. The summed E-state index contributed by atoms with van der Waals surface area (Å²) in [5.41, 5.74) is 8.25. The van der Waals surface area contributed by atoms with Crippen LogP contribution in [0.5, 0.6) is 0 Å². The molecule has 4 rings (SSSR count). The molecule has 33 heavy (non-hydrogen) atoms. The number of benzene rings is 3. The topological polar surface area (TPSA) is 40.5 Å². The van der Waals surface area contributed by atoms with E-state index in [4.69, 9.17) is 5.11 Å². The van der Waals surface area contributed by atoms with Crippen LogP contribution < -0.4 is 4.90 Å². The molecular formula is C30H31NO2. The van der Waals surface area contributed by atoms with Crippen molar-refractivity contribution in [1.82, 2.24) is 0 Å². The molecule has 0 radical (unpaired) electrons. The van der Waals surface area contributed by atoms with Crippen LogP contribution in [-0.4, -0.2) is 24.2 Å². The molecule has 0 unspecified atom stereocenters. The highest BCUT2D eigenvalue weighted by atomic mass is 16.4. The van der Waals surface area contributed by atoms with Crippen molar-refractivity contribution in [3.05, 3.63) is 107 Å². The first-order chi connectivity index (χ1) is 16.2. The van der Waals surface area contributed by atoms with E-state index in [1.165, 1.54) is 53.3 Å². The SMILES string of the molecule is CC/C(=C(/c1ccc(/C=C/C(=O)O)cc1)c1ccc(N2CCCCC2)cc1)c1ccccc1. The van der Waals surface area contributed by atoms with Crippen LogP contribution in [0.3, 0.4) is 0 Å². The van der Waals surface area contributed by atoms with Crippen LogP contribution in [0.2, 0.25) is 0 Å². The summed E-state index contributed by atoms with van der Waals surface area (Å²) >= 11 is 0. The molecule has 0 aliphatic carbocycles. The Bertz CT molecular complexity index is 1120. The summed E-state index contributed by atoms with van der Waals surface area (Å²) in [4.78, 5) is 13.3. The maximum Gasteiger partial charge on any atom is 0.328 e. The summed E-state index contributed by atoms with van der Waals surface area (Å²) in [6.07, 6.45) is 7.57. The van der Waals surface area contributed by atoms with Gasteiger partial charge in [0, 0.05) is 24.9 Å². The van der Waals surface area contributed by atoms with E-state index in [1.54, 1.807) is 6.08 Å². The number of carboxylic acids is 1. The van der Waals surface area contributed by atoms with Crippen LogP contribution in [0.15, 0.2) is 84.9 Å². The second kappa shape index (κ2) is 10.8. The maximum atomic E-state index is 10.9. The van der Waals surface area contributed by atoms with Crippen LogP contribution >= 0.6 is 0 Å². The van der Waals surface area contributed by atoms with E-state index in [2.05, 4.69) is 72.5 Å². The molecule has 0 aromatic heterocycles.